The van der Waals surface area contributed by atoms with Crippen LogP contribution in [0.4, 0.5) is 10.1 Å². The molecule has 0 atom stereocenters. The second-order valence-corrected chi connectivity index (χ2v) is 3.68. The average molecular weight is 195 g/mol. The van der Waals surface area contributed by atoms with Crippen LogP contribution in [-0.2, 0) is 0 Å². The van der Waals surface area contributed by atoms with Gasteiger partial charge >= 0.3 is 0 Å². The number of thiophene rings is 1. The van der Waals surface area contributed by atoms with Crippen molar-refractivity contribution < 1.29 is 4.39 Å². The molecular weight excluding hydrogens is 185 g/mol. The Morgan fingerprint density at radius 3 is 3.08 bits per heavy atom. The minimum Gasteiger partial charge on any atom is -0.381 e. The third kappa shape index (κ3) is 1.65. The van der Waals surface area contributed by atoms with E-state index < -0.39 is 0 Å². The highest BCUT2D eigenvalue weighted by molar-refractivity contribution is 7.17. The van der Waals surface area contributed by atoms with Gasteiger partial charge in [-0.2, -0.15) is 0 Å². The van der Waals surface area contributed by atoms with Crippen molar-refractivity contribution in [1.29, 1.82) is 0 Å². The van der Waals surface area contributed by atoms with Gasteiger partial charge in [0.05, 0.1) is 10.4 Å². The molecule has 0 aliphatic heterocycles. The quantitative estimate of drug-likeness (QED) is 0.792. The second kappa shape index (κ2) is 3.75. The number of nitrogens with one attached hydrogen (secondary N) is 1. The number of hydrogen-bond acceptors (Lipinski definition) is 2. The van der Waals surface area contributed by atoms with Gasteiger partial charge in [-0.3, -0.25) is 0 Å². The van der Waals surface area contributed by atoms with Gasteiger partial charge in [0.1, 0.15) is 6.67 Å². The normalized spacial score (nSPS) is 10.5. The molecular formula is C10H10FNS. The average Bonchev–Trinajstić information content (AvgIpc) is 2.62. The van der Waals surface area contributed by atoms with Crippen LogP contribution in [0, 0.1) is 0 Å². The predicted molar refractivity (Wildman–Crippen MR) is 56.3 cm³/mol. The molecule has 0 amide bonds. The summed E-state index contributed by atoms with van der Waals surface area (Å²) in [5, 5.41) is 6.32. The molecule has 0 radical (unpaired) electrons. The van der Waals surface area contributed by atoms with Crippen LogP contribution in [0.3, 0.4) is 0 Å². The second-order valence-electron chi connectivity index (χ2n) is 2.76. The summed E-state index contributed by atoms with van der Waals surface area (Å²) in [5.41, 5.74) is 1.03. The SMILES string of the molecule is FCCNc1cccc2ccsc12. The summed E-state index contributed by atoms with van der Waals surface area (Å²) < 4.78 is 13.2. The highest BCUT2D eigenvalue weighted by Crippen LogP contribution is 2.28. The summed E-state index contributed by atoms with van der Waals surface area (Å²) in [4.78, 5) is 0. The summed E-state index contributed by atoms with van der Waals surface area (Å²) in [5.74, 6) is 0. The molecule has 0 aliphatic rings. The maximum atomic E-state index is 11.9. The topological polar surface area (TPSA) is 12.0 Å². The Morgan fingerprint density at radius 2 is 2.23 bits per heavy atom. The van der Waals surface area contributed by atoms with E-state index in [4.69, 9.17) is 0 Å². The number of alkyl halides is 1. The smallest absolute Gasteiger partial charge is 0.107 e. The monoisotopic (exact) mass is 195 g/mol. The van der Waals surface area contributed by atoms with E-state index in [2.05, 4.69) is 17.4 Å². The van der Waals surface area contributed by atoms with E-state index in [1.165, 1.54) is 10.1 Å². The van der Waals surface area contributed by atoms with E-state index in [1.54, 1.807) is 11.3 Å². The fraction of sp³-hybridized carbons (Fsp3) is 0.200. The maximum absolute atomic E-state index is 11.9. The summed E-state index contributed by atoms with van der Waals surface area (Å²) >= 11 is 1.68. The van der Waals surface area contributed by atoms with Crippen LogP contribution in [0.25, 0.3) is 10.1 Å². The van der Waals surface area contributed by atoms with Crippen LogP contribution >= 0.6 is 11.3 Å². The van der Waals surface area contributed by atoms with Gasteiger partial charge in [0, 0.05) is 6.54 Å². The van der Waals surface area contributed by atoms with Gasteiger partial charge < -0.3 is 5.32 Å². The molecule has 0 saturated carbocycles. The zero-order valence-corrected chi connectivity index (χ0v) is 7.90. The molecule has 13 heavy (non-hydrogen) atoms. The Hall–Kier alpha value is -1.09. The fourth-order valence-electron chi connectivity index (χ4n) is 1.31. The number of rotatable bonds is 3. The molecule has 0 bridgehead atoms. The van der Waals surface area contributed by atoms with Gasteiger partial charge in [-0.1, -0.05) is 12.1 Å². The molecule has 1 aromatic carbocycles. The zero-order valence-electron chi connectivity index (χ0n) is 7.09. The fourth-order valence-corrected chi connectivity index (χ4v) is 2.20. The molecule has 1 aromatic heterocycles. The Bertz CT molecular complexity index is 396. The molecule has 3 heteroatoms. The van der Waals surface area contributed by atoms with Crippen LogP contribution < -0.4 is 5.32 Å². The Kier molecular flexibility index (Phi) is 2.45. The highest BCUT2D eigenvalue weighted by Gasteiger charge is 1.99. The standard InChI is InChI=1S/C10H10FNS/c11-5-6-12-9-3-1-2-8-4-7-13-10(8)9/h1-4,7,12H,5-6H2. The van der Waals surface area contributed by atoms with Crippen molar-refractivity contribution in [2.75, 3.05) is 18.5 Å². The lowest BCUT2D eigenvalue weighted by Gasteiger charge is -2.04. The van der Waals surface area contributed by atoms with Crippen molar-refractivity contribution in [3.63, 3.8) is 0 Å². The number of halogens is 1. The zero-order chi connectivity index (χ0) is 9.10. The van der Waals surface area contributed by atoms with Crippen LogP contribution in [0.15, 0.2) is 29.6 Å². The van der Waals surface area contributed by atoms with Crippen molar-refractivity contribution in [1.82, 2.24) is 0 Å². The van der Waals surface area contributed by atoms with E-state index in [0.29, 0.717) is 6.54 Å². The number of hydrogen-bond donors (Lipinski definition) is 1. The number of benzene rings is 1. The molecule has 1 nitrogen and oxygen atoms in total. The first kappa shape index (κ1) is 8.51. The Balaban J connectivity index is 2.37. The predicted octanol–water partition coefficient (Wildman–Crippen LogP) is 3.28. The summed E-state index contributed by atoms with van der Waals surface area (Å²) in [6.45, 7) is 0.0543. The van der Waals surface area contributed by atoms with Crippen molar-refractivity contribution in [3.8, 4) is 0 Å². The van der Waals surface area contributed by atoms with Crippen LogP contribution in [0.1, 0.15) is 0 Å². The van der Waals surface area contributed by atoms with E-state index in [-0.39, 0.29) is 6.67 Å². The van der Waals surface area contributed by atoms with Crippen molar-refractivity contribution in [3.05, 3.63) is 29.6 Å². The molecule has 0 saturated heterocycles. The third-order valence-corrected chi connectivity index (χ3v) is 2.85. The summed E-state index contributed by atoms with van der Waals surface area (Å²) in [7, 11) is 0. The van der Waals surface area contributed by atoms with Gasteiger partial charge in [-0.05, 0) is 22.9 Å². The lowest BCUT2D eigenvalue weighted by molar-refractivity contribution is 0.513. The largest absolute Gasteiger partial charge is 0.381 e. The molecule has 1 heterocycles. The van der Waals surface area contributed by atoms with Crippen LogP contribution in [0.5, 0.6) is 0 Å². The third-order valence-electron chi connectivity index (χ3n) is 1.89. The highest BCUT2D eigenvalue weighted by atomic mass is 32.1. The molecule has 68 valence electrons. The molecule has 0 fully saturated rings. The molecule has 2 rings (SSSR count). The molecule has 0 aliphatic carbocycles. The number of anilines is 1. The lowest BCUT2D eigenvalue weighted by Crippen LogP contribution is -2.02. The first-order chi connectivity index (χ1) is 6.42. The Morgan fingerprint density at radius 1 is 1.31 bits per heavy atom. The minimum absolute atomic E-state index is 0.332. The van der Waals surface area contributed by atoms with Crippen molar-refractivity contribution in [2.24, 2.45) is 0 Å². The van der Waals surface area contributed by atoms with E-state index in [9.17, 15) is 4.39 Å². The van der Waals surface area contributed by atoms with E-state index >= 15 is 0 Å². The van der Waals surface area contributed by atoms with Gasteiger partial charge in [0.15, 0.2) is 0 Å². The van der Waals surface area contributed by atoms with Crippen LogP contribution in [-0.4, -0.2) is 13.2 Å². The van der Waals surface area contributed by atoms with E-state index in [0.717, 1.165) is 5.69 Å². The van der Waals surface area contributed by atoms with Crippen LogP contribution in [0.2, 0.25) is 0 Å². The Labute approximate surface area is 80.2 Å². The van der Waals surface area contributed by atoms with E-state index in [1.807, 2.05) is 17.5 Å². The summed E-state index contributed by atoms with van der Waals surface area (Å²) in [6.07, 6.45) is 0. The van der Waals surface area contributed by atoms with Gasteiger partial charge in [0.2, 0.25) is 0 Å². The summed E-state index contributed by atoms with van der Waals surface area (Å²) in [6, 6.07) is 8.09. The van der Waals surface area contributed by atoms with Crippen molar-refractivity contribution in [2.45, 2.75) is 0 Å². The minimum atomic E-state index is -0.332. The lowest BCUT2D eigenvalue weighted by atomic mass is 10.2. The number of fused-ring (bicyclic) bond motifs is 1. The first-order valence-electron chi connectivity index (χ1n) is 4.18. The maximum Gasteiger partial charge on any atom is 0.107 e. The van der Waals surface area contributed by atoms with Gasteiger partial charge in [-0.25, -0.2) is 4.39 Å². The molecule has 0 unspecified atom stereocenters. The molecule has 0 spiro atoms. The van der Waals surface area contributed by atoms with Gasteiger partial charge in [-0.15, -0.1) is 11.3 Å². The molecule has 1 N–H and O–H groups in total. The van der Waals surface area contributed by atoms with Crippen molar-refractivity contribution >= 4 is 27.1 Å². The molecule has 2 aromatic rings. The van der Waals surface area contributed by atoms with Gasteiger partial charge in [0.25, 0.3) is 0 Å². The first-order valence-corrected chi connectivity index (χ1v) is 5.06.